The average Bonchev–Trinajstić information content (AvgIpc) is 3.12. The number of halogens is 1. The number of carbonyl (C=O) groups is 1. The smallest absolute Gasteiger partial charge is 0.256 e. The summed E-state index contributed by atoms with van der Waals surface area (Å²) in [7, 11) is 0. The second-order valence-corrected chi connectivity index (χ2v) is 5.60. The van der Waals surface area contributed by atoms with E-state index in [1.165, 1.54) is 12.8 Å². The maximum absolute atomic E-state index is 12.5. The Labute approximate surface area is 113 Å². The van der Waals surface area contributed by atoms with Gasteiger partial charge in [-0.3, -0.25) is 4.79 Å². The highest BCUT2D eigenvalue weighted by molar-refractivity contribution is 6.33. The first kappa shape index (κ1) is 13.2. The highest BCUT2D eigenvalue weighted by Gasteiger charge is 2.29. The van der Waals surface area contributed by atoms with Crippen LogP contribution < -0.4 is 5.73 Å². The number of nitrogens with zero attached hydrogens (tertiary/aromatic N) is 1. The van der Waals surface area contributed by atoms with Crippen molar-refractivity contribution in [1.29, 1.82) is 0 Å². The average molecular weight is 267 g/mol. The summed E-state index contributed by atoms with van der Waals surface area (Å²) in [5.41, 5.74) is 6.78. The predicted molar refractivity (Wildman–Crippen MR) is 74.8 cm³/mol. The molecule has 0 unspecified atom stereocenters. The van der Waals surface area contributed by atoms with E-state index in [1.807, 2.05) is 18.7 Å². The molecular weight excluding hydrogens is 248 g/mol. The zero-order chi connectivity index (χ0) is 13.3. The van der Waals surface area contributed by atoms with Crippen molar-refractivity contribution in [1.82, 2.24) is 4.90 Å². The molecule has 18 heavy (non-hydrogen) atoms. The van der Waals surface area contributed by atoms with Crippen LogP contribution in [0.2, 0.25) is 5.02 Å². The molecule has 0 aliphatic heterocycles. The second-order valence-electron chi connectivity index (χ2n) is 5.20. The summed E-state index contributed by atoms with van der Waals surface area (Å²) in [6.45, 7) is 4.88. The van der Waals surface area contributed by atoms with Gasteiger partial charge in [-0.05, 0) is 44.7 Å². The molecule has 1 aromatic rings. The van der Waals surface area contributed by atoms with Crippen molar-refractivity contribution in [3.05, 3.63) is 28.8 Å². The minimum absolute atomic E-state index is 0.0168. The zero-order valence-electron chi connectivity index (χ0n) is 10.8. The maximum atomic E-state index is 12.5. The van der Waals surface area contributed by atoms with Crippen LogP contribution in [0.1, 0.15) is 37.0 Å². The van der Waals surface area contributed by atoms with Crippen molar-refractivity contribution in [3.8, 4) is 0 Å². The third-order valence-electron chi connectivity index (χ3n) is 3.32. The Balaban J connectivity index is 2.23. The Morgan fingerprint density at radius 3 is 2.72 bits per heavy atom. The Bertz CT molecular complexity index is 455. The second kappa shape index (κ2) is 5.19. The topological polar surface area (TPSA) is 46.3 Å². The van der Waals surface area contributed by atoms with Crippen LogP contribution >= 0.6 is 11.6 Å². The van der Waals surface area contributed by atoms with Crippen molar-refractivity contribution in [3.63, 3.8) is 0 Å². The van der Waals surface area contributed by atoms with Crippen LogP contribution in [0.25, 0.3) is 0 Å². The van der Waals surface area contributed by atoms with Gasteiger partial charge >= 0.3 is 0 Å². The first-order chi connectivity index (χ1) is 8.50. The molecule has 0 aromatic heterocycles. The third-order valence-corrected chi connectivity index (χ3v) is 3.65. The lowest BCUT2D eigenvalue weighted by molar-refractivity contribution is 0.0697. The molecule has 3 nitrogen and oxygen atoms in total. The van der Waals surface area contributed by atoms with Gasteiger partial charge in [0.05, 0.1) is 16.3 Å². The van der Waals surface area contributed by atoms with Gasteiger partial charge in [0, 0.05) is 12.6 Å². The first-order valence-electron chi connectivity index (χ1n) is 6.35. The van der Waals surface area contributed by atoms with Crippen LogP contribution in [0.15, 0.2) is 18.2 Å². The maximum Gasteiger partial charge on any atom is 0.256 e. The molecule has 1 aromatic carbocycles. The molecular formula is C14H19ClN2O. The fourth-order valence-corrected chi connectivity index (χ4v) is 2.16. The standard InChI is InChI=1S/C14H19ClN2O/c1-9(2)17(8-10-6-7-10)14(18)11-4-3-5-12(15)13(11)16/h3-5,9-10H,6-8,16H2,1-2H3. The molecule has 1 saturated carbocycles. The highest BCUT2D eigenvalue weighted by Crippen LogP contribution is 2.31. The molecule has 1 aliphatic rings. The number of amides is 1. The summed E-state index contributed by atoms with van der Waals surface area (Å²) < 4.78 is 0. The van der Waals surface area contributed by atoms with Gasteiger partial charge in [-0.25, -0.2) is 0 Å². The molecule has 0 heterocycles. The Morgan fingerprint density at radius 2 is 2.17 bits per heavy atom. The van der Waals surface area contributed by atoms with Crippen LogP contribution in [0.4, 0.5) is 5.69 Å². The molecule has 0 atom stereocenters. The van der Waals surface area contributed by atoms with E-state index >= 15 is 0 Å². The van der Waals surface area contributed by atoms with Crippen LogP contribution in [-0.4, -0.2) is 23.4 Å². The number of nitrogen functional groups attached to an aromatic ring is 1. The SMILES string of the molecule is CC(C)N(CC1CC1)C(=O)c1cccc(Cl)c1N. The number of hydrogen-bond donors (Lipinski definition) is 1. The molecule has 0 spiro atoms. The predicted octanol–water partition coefficient (Wildman–Crippen LogP) is 3.18. The number of para-hydroxylation sites is 1. The van der Waals surface area contributed by atoms with Crippen molar-refractivity contribution in [2.24, 2.45) is 5.92 Å². The van der Waals surface area contributed by atoms with Gasteiger partial charge in [-0.15, -0.1) is 0 Å². The van der Waals surface area contributed by atoms with E-state index in [-0.39, 0.29) is 11.9 Å². The Hall–Kier alpha value is -1.22. The lowest BCUT2D eigenvalue weighted by atomic mass is 10.1. The normalized spacial score (nSPS) is 14.9. The fourth-order valence-electron chi connectivity index (χ4n) is 1.99. The van der Waals surface area contributed by atoms with Gasteiger partial charge in [0.25, 0.3) is 5.91 Å². The van der Waals surface area contributed by atoms with Gasteiger partial charge in [0.2, 0.25) is 0 Å². The van der Waals surface area contributed by atoms with Crippen LogP contribution in [0.5, 0.6) is 0 Å². The number of rotatable bonds is 4. The molecule has 1 amide bonds. The van der Waals surface area contributed by atoms with Gasteiger partial charge in [-0.2, -0.15) is 0 Å². The largest absolute Gasteiger partial charge is 0.397 e. The van der Waals surface area contributed by atoms with Crippen LogP contribution in [0, 0.1) is 5.92 Å². The molecule has 4 heteroatoms. The van der Waals surface area contributed by atoms with Gasteiger partial charge in [0.15, 0.2) is 0 Å². The summed E-state index contributed by atoms with van der Waals surface area (Å²) in [6.07, 6.45) is 2.45. The fraction of sp³-hybridized carbons (Fsp3) is 0.500. The van der Waals surface area contributed by atoms with E-state index in [2.05, 4.69) is 0 Å². The lowest BCUT2D eigenvalue weighted by Gasteiger charge is -2.27. The summed E-state index contributed by atoms with van der Waals surface area (Å²) in [5.74, 6) is 0.647. The molecule has 2 N–H and O–H groups in total. The Morgan fingerprint density at radius 1 is 1.50 bits per heavy atom. The minimum atomic E-state index is -0.0168. The number of benzene rings is 1. The van der Waals surface area contributed by atoms with E-state index in [4.69, 9.17) is 17.3 Å². The van der Waals surface area contributed by atoms with E-state index in [0.29, 0.717) is 22.2 Å². The number of nitrogens with two attached hydrogens (primary N) is 1. The van der Waals surface area contributed by atoms with Crippen molar-refractivity contribution in [2.45, 2.75) is 32.7 Å². The highest BCUT2D eigenvalue weighted by atomic mass is 35.5. The van der Waals surface area contributed by atoms with Crippen molar-refractivity contribution < 1.29 is 4.79 Å². The molecule has 0 bridgehead atoms. The summed E-state index contributed by atoms with van der Waals surface area (Å²) in [6, 6.07) is 5.39. The number of anilines is 1. The molecule has 1 aliphatic carbocycles. The molecule has 0 radical (unpaired) electrons. The molecule has 0 saturated heterocycles. The van der Waals surface area contributed by atoms with Crippen LogP contribution in [-0.2, 0) is 0 Å². The monoisotopic (exact) mass is 266 g/mol. The summed E-state index contributed by atoms with van der Waals surface area (Å²) in [4.78, 5) is 14.4. The molecule has 98 valence electrons. The molecule has 1 fully saturated rings. The van der Waals surface area contributed by atoms with Gasteiger partial charge < -0.3 is 10.6 Å². The Kier molecular flexibility index (Phi) is 3.81. The molecule has 2 rings (SSSR count). The lowest BCUT2D eigenvalue weighted by Crippen LogP contribution is -2.38. The quantitative estimate of drug-likeness (QED) is 0.851. The zero-order valence-corrected chi connectivity index (χ0v) is 11.6. The van der Waals surface area contributed by atoms with Crippen molar-refractivity contribution in [2.75, 3.05) is 12.3 Å². The number of hydrogen-bond acceptors (Lipinski definition) is 2. The summed E-state index contributed by atoms with van der Waals surface area (Å²) >= 11 is 5.96. The van der Waals surface area contributed by atoms with Crippen LogP contribution in [0.3, 0.4) is 0 Å². The number of carbonyl (C=O) groups excluding carboxylic acids is 1. The summed E-state index contributed by atoms with van der Waals surface area (Å²) in [5, 5.41) is 0.441. The van der Waals surface area contributed by atoms with E-state index in [1.54, 1.807) is 18.2 Å². The van der Waals surface area contributed by atoms with E-state index in [9.17, 15) is 4.79 Å². The minimum Gasteiger partial charge on any atom is -0.397 e. The van der Waals surface area contributed by atoms with E-state index < -0.39 is 0 Å². The van der Waals surface area contributed by atoms with E-state index in [0.717, 1.165) is 6.54 Å². The van der Waals surface area contributed by atoms with Gasteiger partial charge in [0.1, 0.15) is 0 Å². The third kappa shape index (κ3) is 2.78. The van der Waals surface area contributed by atoms with Crippen molar-refractivity contribution >= 4 is 23.2 Å². The first-order valence-corrected chi connectivity index (χ1v) is 6.73. The van der Waals surface area contributed by atoms with Gasteiger partial charge in [-0.1, -0.05) is 17.7 Å².